The molecule has 0 aromatic heterocycles. The summed E-state index contributed by atoms with van der Waals surface area (Å²) in [6, 6.07) is 11.4. The largest absolute Gasteiger partial charge is 0.480 e. The minimum atomic E-state index is -1.12. The summed E-state index contributed by atoms with van der Waals surface area (Å²) in [5.41, 5.74) is 1.79. The predicted octanol–water partition coefficient (Wildman–Crippen LogP) is 2.77. The summed E-state index contributed by atoms with van der Waals surface area (Å²) in [4.78, 5) is 35.1. The summed E-state index contributed by atoms with van der Waals surface area (Å²) in [7, 11) is 0. The Morgan fingerprint density at radius 2 is 1.70 bits per heavy atom. The standard InChI is InChI=1S/C20H19FN2O4/c1-11(20(26)27)22-18(24)13-4-8-15(9-5-13)23-19(25)17-10-16(17)12-2-6-14(21)7-3-12/h2-9,11,16-17H,10H2,1H3,(H,22,24)(H,23,25)(H,26,27). The molecule has 3 rings (SSSR count). The van der Waals surface area contributed by atoms with Crippen LogP contribution in [0.2, 0.25) is 0 Å². The van der Waals surface area contributed by atoms with Crippen molar-refractivity contribution in [1.82, 2.24) is 5.32 Å². The molecule has 0 saturated heterocycles. The fraction of sp³-hybridized carbons (Fsp3) is 0.250. The van der Waals surface area contributed by atoms with Crippen LogP contribution in [0.15, 0.2) is 48.5 Å². The molecule has 2 aromatic carbocycles. The number of anilines is 1. The Kier molecular flexibility index (Phi) is 5.21. The van der Waals surface area contributed by atoms with E-state index in [1.807, 2.05) is 0 Å². The first-order valence-corrected chi connectivity index (χ1v) is 8.55. The number of carbonyl (C=O) groups excluding carboxylic acids is 2. The number of hydrogen-bond acceptors (Lipinski definition) is 3. The third-order valence-electron chi connectivity index (χ3n) is 4.56. The maximum absolute atomic E-state index is 13.0. The molecule has 27 heavy (non-hydrogen) atoms. The molecule has 1 fully saturated rings. The second kappa shape index (κ2) is 7.57. The molecular weight excluding hydrogens is 351 g/mol. The van der Waals surface area contributed by atoms with Crippen LogP contribution in [0.25, 0.3) is 0 Å². The van der Waals surface area contributed by atoms with Gasteiger partial charge in [0.05, 0.1) is 0 Å². The molecule has 2 aromatic rings. The smallest absolute Gasteiger partial charge is 0.325 e. The second-order valence-corrected chi connectivity index (χ2v) is 6.60. The lowest BCUT2D eigenvalue weighted by Gasteiger charge is -2.10. The predicted molar refractivity (Wildman–Crippen MR) is 96.9 cm³/mol. The van der Waals surface area contributed by atoms with Gasteiger partial charge in [-0.2, -0.15) is 0 Å². The molecule has 3 atom stereocenters. The summed E-state index contributed by atoms with van der Waals surface area (Å²) in [6.45, 7) is 1.38. The van der Waals surface area contributed by atoms with E-state index in [0.717, 1.165) is 5.56 Å². The molecule has 0 aliphatic heterocycles. The zero-order valence-electron chi connectivity index (χ0n) is 14.6. The van der Waals surface area contributed by atoms with Crippen LogP contribution in [0.3, 0.4) is 0 Å². The van der Waals surface area contributed by atoms with Crippen LogP contribution in [0, 0.1) is 11.7 Å². The van der Waals surface area contributed by atoms with Crippen LogP contribution in [0.1, 0.15) is 35.2 Å². The molecule has 7 heteroatoms. The molecule has 0 radical (unpaired) electrons. The monoisotopic (exact) mass is 370 g/mol. The van der Waals surface area contributed by atoms with E-state index in [0.29, 0.717) is 17.7 Å². The van der Waals surface area contributed by atoms with Crippen molar-refractivity contribution in [2.45, 2.75) is 25.3 Å². The van der Waals surface area contributed by atoms with E-state index < -0.39 is 17.9 Å². The number of hydrogen-bond donors (Lipinski definition) is 3. The maximum Gasteiger partial charge on any atom is 0.325 e. The summed E-state index contributed by atoms with van der Waals surface area (Å²) in [6.07, 6.45) is 0.713. The number of aliphatic carboxylic acids is 1. The highest BCUT2D eigenvalue weighted by Gasteiger charge is 2.43. The van der Waals surface area contributed by atoms with Crippen molar-refractivity contribution in [2.24, 2.45) is 5.92 Å². The number of carbonyl (C=O) groups is 3. The fourth-order valence-electron chi connectivity index (χ4n) is 2.84. The lowest BCUT2D eigenvalue weighted by atomic mass is 10.1. The van der Waals surface area contributed by atoms with E-state index >= 15 is 0 Å². The van der Waals surface area contributed by atoms with Gasteiger partial charge in [0.1, 0.15) is 11.9 Å². The SMILES string of the molecule is CC(NC(=O)c1ccc(NC(=O)C2CC2c2ccc(F)cc2)cc1)C(=O)O. The molecule has 1 saturated carbocycles. The molecular formula is C20H19FN2O4. The Hall–Kier alpha value is -3.22. The summed E-state index contributed by atoms with van der Waals surface area (Å²) in [5, 5.41) is 14.0. The average molecular weight is 370 g/mol. The fourth-order valence-corrected chi connectivity index (χ4v) is 2.84. The van der Waals surface area contributed by atoms with E-state index in [1.54, 1.807) is 24.3 Å². The van der Waals surface area contributed by atoms with Crippen molar-refractivity contribution in [2.75, 3.05) is 5.32 Å². The molecule has 1 aliphatic rings. The van der Waals surface area contributed by atoms with Crippen LogP contribution in [-0.4, -0.2) is 28.9 Å². The molecule has 2 amide bonds. The number of carboxylic acids is 1. The van der Waals surface area contributed by atoms with Gasteiger partial charge in [0.25, 0.3) is 5.91 Å². The van der Waals surface area contributed by atoms with Gasteiger partial charge in [0.15, 0.2) is 0 Å². The van der Waals surface area contributed by atoms with Gasteiger partial charge in [0, 0.05) is 17.2 Å². The highest BCUT2D eigenvalue weighted by Crippen LogP contribution is 2.47. The minimum absolute atomic E-state index is 0.0909. The van der Waals surface area contributed by atoms with E-state index in [4.69, 9.17) is 5.11 Å². The van der Waals surface area contributed by atoms with Gasteiger partial charge >= 0.3 is 5.97 Å². The third-order valence-corrected chi connectivity index (χ3v) is 4.56. The highest BCUT2D eigenvalue weighted by molar-refractivity contribution is 5.98. The van der Waals surface area contributed by atoms with Crippen molar-refractivity contribution in [1.29, 1.82) is 0 Å². The molecule has 3 unspecified atom stereocenters. The Bertz CT molecular complexity index is 865. The molecule has 6 nitrogen and oxygen atoms in total. The first kappa shape index (κ1) is 18.6. The van der Waals surface area contributed by atoms with Gasteiger partial charge in [-0.05, 0) is 61.2 Å². The van der Waals surface area contributed by atoms with E-state index in [-0.39, 0.29) is 23.6 Å². The summed E-state index contributed by atoms with van der Waals surface area (Å²) in [5.74, 6) is -2.11. The molecule has 0 spiro atoms. The number of carboxylic acid groups (broad SMARTS) is 1. The van der Waals surface area contributed by atoms with Crippen LogP contribution < -0.4 is 10.6 Å². The Morgan fingerprint density at radius 3 is 2.30 bits per heavy atom. The Labute approximate surface area is 155 Å². The van der Waals surface area contributed by atoms with E-state index in [2.05, 4.69) is 10.6 Å². The maximum atomic E-state index is 13.0. The van der Waals surface area contributed by atoms with Crippen LogP contribution >= 0.6 is 0 Å². The van der Waals surface area contributed by atoms with Crippen molar-refractivity contribution < 1.29 is 23.9 Å². The van der Waals surface area contributed by atoms with Crippen LogP contribution in [0.4, 0.5) is 10.1 Å². The van der Waals surface area contributed by atoms with E-state index in [1.165, 1.54) is 31.2 Å². The Balaban J connectivity index is 1.55. The van der Waals surface area contributed by atoms with Gasteiger partial charge in [0.2, 0.25) is 5.91 Å². The average Bonchev–Trinajstić information content (AvgIpc) is 3.43. The lowest BCUT2D eigenvalue weighted by molar-refractivity contribution is -0.138. The van der Waals surface area contributed by atoms with Gasteiger partial charge in [-0.1, -0.05) is 12.1 Å². The minimum Gasteiger partial charge on any atom is -0.480 e. The first-order chi connectivity index (χ1) is 12.8. The third kappa shape index (κ3) is 4.49. The molecule has 1 aliphatic carbocycles. The van der Waals surface area contributed by atoms with Crippen LogP contribution in [-0.2, 0) is 9.59 Å². The molecule has 140 valence electrons. The molecule has 0 heterocycles. The first-order valence-electron chi connectivity index (χ1n) is 8.55. The lowest BCUT2D eigenvalue weighted by Crippen LogP contribution is -2.38. The van der Waals surface area contributed by atoms with Crippen LogP contribution in [0.5, 0.6) is 0 Å². The molecule has 3 N–H and O–H groups in total. The topological polar surface area (TPSA) is 95.5 Å². The zero-order chi connectivity index (χ0) is 19.6. The number of rotatable bonds is 6. The summed E-state index contributed by atoms with van der Waals surface area (Å²) >= 11 is 0. The Morgan fingerprint density at radius 1 is 1.07 bits per heavy atom. The number of benzene rings is 2. The number of halogens is 1. The normalized spacial score (nSPS) is 19.0. The van der Waals surface area contributed by atoms with Crippen molar-refractivity contribution in [3.63, 3.8) is 0 Å². The number of amides is 2. The number of nitrogens with one attached hydrogen (secondary N) is 2. The van der Waals surface area contributed by atoms with E-state index in [9.17, 15) is 18.8 Å². The van der Waals surface area contributed by atoms with Gasteiger partial charge < -0.3 is 15.7 Å². The quantitative estimate of drug-likeness (QED) is 0.729. The zero-order valence-corrected chi connectivity index (χ0v) is 14.6. The van der Waals surface area contributed by atoms with Gasteiger partial charge in [-0.25, -0.2) is 4.39 Å². The van der Waals surface area contributed by atoms with Crippen molar-refractivity contribution >= 4 is 23.5 Å². The van der Waals surface area contributed by atoms with Gasteiger partial charge in [-0.3, -0.25) is 14.4 Å². The van der Waals surface area contributed by atoms with Crippen molar-refractivity contribution in [3.05, 3.63) is 65.5 Å². The second-order valence-electron chi connectivity index (χ2n) is 6.60. The van der Waals surface area contributed by atoms with Gasteiger partial charge in [-0.15, -0.1) is 0 Å². The summed E-state index contributed by atoms with van der Waals surface area (Å²) < 4.78 is 13.0. The molecule has 0 bridgehead atoms. The highest BCUT2D eigenvalue weighted by atomic mass is 19.1. The van der Waals surface area contributed by atoms with Crippen molar-refractivity contribution in [3.8, 4) is 0 Å².